The molecule has 4 unspecified atom stereocenters. The van der Waals surface area contributed by atoms with E-state index in [1.807, 2.05) is 0 Å². The zero-order valence-electron chi connectivity index (χ0n) is 8.02. The largest absolute Gasteiger partial charge is 0.0990 e. The van der Waals surface area contributed by atoms with Crippen LogP contribution in [-0.2, 0) is 0 Å². The summed E-state index contributed by atoms with van der Waals surface area (Å²) in [6.45, 7) is 13.6. The molecule has 0 saturated heterocycles. The average Bonchev–Trinajstić information content (AvgIpc) is 1.98. The minimum absolute atomic E-state index is 0.527. The van der Waals surface area contributed by atoms with Gasteiger partial charge < -0.3 is 0 Å². The standard InChI is InChI=1S/C11H18/c1-6(2)10-9-7(3)11(10,5)8(9)4/h6,8-10H,3H2,1-2,4-5H3. The highest BCUT2D eigenvalue weighted by atomic mass is 14.7. The van der Waals surface area contributed by atoms with Crippen LogP contribution in [0.4, 0.5) is 0 Å². The predicted octanol–water partition coefficient (Wildman–Crippen LogP) is 3.10. The Bertz CT molecular complexity index is 214. The highest BCUT2D eigenvalue weighted by Crippen LogP contribution is 2.76. The highest BCUT2D eigenvalue weighted by molar-refractivity contribution is 5.41. The van der Waals surface area contributed by atoms with E-state index in [0.29, 0.717) is 5.41 Å². The van der Waals surface area contributed by atoms with Crippen molar-refractivity contribution in [2.24, 2.45) is 29.1 Å². The third-order valence-corrected chi connectivity index (χ3v) is 4.38. The van der Waals surface area contributed by atoms with Crippen molar-refractivity contribution in [3.63, 3.8) is 0 Å². The molecule has 0 aromatic carbocycles. The molecule has 0 N–H and O–H groups in total. The van der Waals surface area contributed by atoms with Crippen LogP contribution in [0.5, 0.6) is 0 Å². The van der Waals surface area contributed by atoms with Gasteiger partial charge in [-0.3, -0.25) is 0 Å². The molecule has 11 heavy (non-hydrogen) atoms. The van der Waals surface area contributed by atoms with Gasteiger partial charge in [0.05, 0.1) is 0 Å². The maximum Gasteiger partial charge on any atom is -0.00482 e. The zero-order chi connectivity index (χ0) is 8.39. The van der Waals surface area contributed by atoms with E-state index < -0.39 is 0 Å². The summed E-state index contributed by atoms with van der Waals surface area (Å²) < 4.78 is 0. The van der Waals surface area contributed by atoms with Gasteiger partial charge in [-0.05, 0) is 29.1 Å². The molecule has 0 radical (unpaired) electrons. The van der Waals surface area contributed by atoms with Crippen LogP contribution < -0.4 is 0 Å². The summed E-state index contributed by atoms with van der Waals surface area (Å²) in [5, 5.41) is 0. The fourth-order valence-electron chi connectivity index (χ4n) is 3.54. The molecule has 0 heteroatoms. The smallest absolute Gasteiger partial charge is 0.00482 e. The Balaban J connectivity index is 2.20. The predicted molar refractivity (Wildman–Crippen MR) is 48.2 cm³/mol. The van der Waals surface area contributed by atoms with E-state index in [0.717, 1.165) is 23.7 Å². The SMILES string of the molecule is C=C1C2C(C)C1(C)C2C(C)C. The van der Waals surface area contributed by atoms with Crippen molar-refractivity contribution in [3.05, 3.63) is 12.2 Å². The summed E-state index contributed by atoms with van der Waals surface area (Å²) >= 11 is 0. The first kappa shape index (κ1) is 7.39. The van der Waals surface area contributed by atoms with Crippen LogP contribution in [0.25, 0.3) is 0 Å². The van der Waals surface area contributed by atoms with Crippen molar-refractivity contribution in [2.75, 3.05) is 0 Å². The molecule has 3 saturated carbocycles. The molecule has 0 heterocycles. The topological polar surface area (TPSA) is 0 Å². The Hall–Kier alpha value is -0.260. The van der Waals surface area contributed by atoms with Crippen molar-refractivity contribution < 1.29 is 0 Å². The summed E-state index contributed by atoms with van der Waals surface area (Å²) in [5.74, 6) is 3.60. The zero-order valence-corrected chi connectivity index (χ0v) is 8.02. The molecule has 62 valence electrons. The molecule has 3 aliphatic rings. The molecule has 0 aliphatic heterocycles. The van der Waals surface area contributed by atoms with Crippen LogP contribution in [-0.4, -0.2) is 0 Å². The van der Waals surface area contributed by atoms with E-state index in [-0.39, 0.29) is 0 Å². The minimum Gasteiger partial charge on any atom is -0.0990 e. The van der Waals surface area contributed by atoms with Crippen molar-refractivity contribution in [1.29, 1.82) is 0 Å². The minimum atomic E-state index is 0.527. The molecule has 0 aromatic rings. The van der Waals surface area contributed by atoms with E-state index in [1.54, 1.807) is 0 Å². The Kier molecular flexibility index (Phi) is 1.16. The molecule has 4 atom stereocenters. The van der Waals surface area contributed by atoms with E-state index in [4.69, 9.17) is 0 Å². The second-order valence-corrected chi connectivity index (χ2v) is 4.89. The molecule has 0 aromatic heterocycles. The Morgan fingerprint density at radius 1 is 1.45 bits per heavy atom. The maximum absolute atomic E-state index is 4.15. The lowest BCUT2D eigenvalue weighted by molar-refractivity contribution is -0.181. The molecule has 3 aliphatic carbocycles. The van der Waals surface area contributed by atoms with E-state index in [1.165, 1.54) is 5.57 Å². The molecule has 0 nitrogen and oxygen atoms in total. The fourth-order valence-corrected chi connectivity index (χ4v) is 3.54. The monoisotopic (exact) mass is 150 g/mol. The van der Waals surface area contributed by atoms with Gasteiger partial charge in [0.15, 0.2) is 0 Å². The number of hydrogen-bond donors (Lipinski definition) is 0. The van der Waals surface area contributed by atoms with Crippen molar-refractivity contribution >= 4 is 0 Å². The van der Waals surface area contributed by atoms with Crippen LogP contribution in [0, 0.1) is 29.1 Å². The van der Waals surface area contributed by atoms with Gasteiger partial charge in [0.1, 0.15) is 0 Å². The molecule has 3 rings (SSSR count). The van der Waals surface area contributed by atoms with Gasteiger partial charge in [-0.1, -0.05) is 39.8 Å². The van der Waals surface area contributed by atoms with E-state index >= 15 is 0 Å². The summed E-state index contributed by atoms with van der Waals surface area (Å²) in [4.78, 5) is 0. The Morgan fingerprint density at radius 3 is 2.09 bits per heavy atom. The first-order valence-electron chi connectivity index (χ1n) is 4.70. The van der Waals surface area contributed by atoms with Crippen molar-refractivity contribution in [3.8, 4) is 0 Å². The third-order valence-electron chi connectivity index (χ3n) is 4.38. The summed E-state index contributed by atoms with van der Waals surface area (Å²) in [6, 6.07) is 0. The maximum atomic E-state index is 4.15. The van der Waals surface area contributed by atoms with Gasteiger partial charge in [0.25, 0.3) is 0 Å². The van der Waals surface area contributed by atoms with Crippen LogP contribution in [0.1, 0.15) is 27.7 Å². The van der Waals surface area contributed by atoms with Gasteiger partial charge in [-0.2, -0.15) is 0 Å². The first-order chi connectivity index (χ1) is 5.01. The van der Waals surface area contributed by atoms with Gasteiger partial charge in [-0.15, -0.1) is 0 Å². The first-order valence-corrected chi connectivity index (χ1v) is 4.70. The van der Waals surface area contributed by atoms with Gasteiger partial charge in [-0.25, -0.2) is 0 Å². The molecule has 3 fully saturated rings. The van der Waals surface area contributed by atoms with Crippen LogP contribution in [0.2, 0.25) is 0 Å². The molecule has 0 amide bonds. The van der Waals surface area contributed by atoms with Gasteiger partial charge in [0.2, 0.25) is 0 Å². The number of rotatable bonds is 1. The van der Waals surface area contributed by atoms with E-state index in [2.05, 4.69) is 34.3 Å². The Labute approximate surface area is 69.7 Å². The van der Waals surface area contributed by atoms with Crippen LogP contribution >= 0.6 is 0 Å². The number of allylic oxidation sites excluding steroid dienone is 1. The highest BCUT2D eigenvalue weighted by Gasteiger charge is 2.71. The normalized spacial score (nSPS) is 53.9. The molecular weight excluding hydrogens is 132 g/mol. The quantitative estimate of drug-likeness (QED) is 0.504. The summed E-state index contributed by atoms with van der Waals surface area (Å²) in [6.07, 6.45) is 0. The van der Waals surface area contributed by atoms with Crippen molar-refractivity contribution in [1.82, 2.24) is 0 Å². The van der Waals surface area contributed by atoms with Crippen LogP contribution in [0.15, 0.2) is 12.2 Å². The average molecular weight is 150 g/mol. The fraction of sp³-hybridized carbons (Fsp3) is 0.818. The second-order valence-electron chi connectivity index (χ2n) is 4.89. The molecular formula is C11H18. The van der Waals surface area contributed by atoms with Gasteiger partial charge >= 0.3 is 0 Å². The van der Waals surface area contributed by atoms with E-state index in [9.17, 15) is 0 Å². The van der Waals surface area contributed by atoms with Crippen LogP contribution in [0.3, 0.4) is 0 Å². The lowest BCUT2D eigenvalue weighted by Crippen LogP contribution is -2.70. The number of hydrogen-bond acceptors (Lipinski definition) is 0. The summed E-state index contributed by atoms with van der Waals surface area (Å²) in [5.41, 5.74) is 2.06. The lowest BCUT2D eigenvalue weighted by atomic mass is 9.28. The molecule has 2 bridgehead atoms. The van der Waals surface area contributed by atoms with Gasteiger partial charge in [0, 0.05) is 0 Å². The third kappa shape index (κ3) is 0.513. The molecule has 0 spiro atoms. The second kappa shape index (κ2) is 1.73. The Morgan fingerprint density at radius 2 is 2.00 bits per heavy atom. The lowest BCUT2D eigenvalue weighted by Gasteiger charge is -2.75. The van der Waals surface area contributed by atoms with Crippen molar-refractivity contribution in [2.45, 2.75) is 27.7 Å². The summed E-state index contributed by atoms with van der Waals surface area (Å²) in [7, 11) is 0.